The van der Waals surface area contributed by atoms with Gasteiger partial charge in [-0.2, -0.15) is 0 Å². The third-order valence-corrected chi connectivity index (χ3v) is 2.80. The van der Waals surface area contributed by atoms with Gasteiger partial charge in [0.2, 0.25) is 11.6 Å². The molecule has 0 aliphatic heterocycles. The molecule has 0 spiro atoms. The maximum absolute atomic E-state index is 11.1. The van der Waals surface area contributed by atoms with Gasteiger partial charge in [-0.1, -0.05) is 23.2 Å². The van der Waals surface area contributed by atoms with Gasteiger partial charge in [0.1, 0.15) is 6.33 Å². The molecule has 0 bridgehead atoms. The van der Waals surface area contributed by atoms with Crippen molar-refractivity contribution >= 4 is 46.2 Å². The van der Waals surface area contributed by atoms with Gasteiger partial charge < -0.3 is 10.6 Å². The second kappa shape index (κ2) is 5.89. The van der Waals surface area contributed by atoms with Gasteiger partial charge in [0.25, 0.3) is 0 Å². The van der Waals surface area contributed by atoms with Gasteiger partial charge in [0.05, 0.1) is 4.92 Å². The van der Waals surface area contributed by atoms with Crippen LogP contribution < -0.4 is 10.6 Å². The van der Waals surface area contributed by atoms with Crippen molar-refractivity contribution in [3.63, 3.8) is 0 Å². The zero-order valence-electron chi connectivity index (χ0n) is 10.2. The van der Waals surface area contributed by atoms with Crippen molar-refractivity contribution < 1.29 is 4.92 Å². The molecule has 0 aliphatic carbocycles. The first-order valence-corrected chi connectivity index (χ1v) is 6.17. The van der Waals surface area contributed by atoms with Crippen LogP contribution in [0.1, 0.15) is 0 Å². The van der Waals surface area contributed by atoms with Gasteiger partial charge in [-0.25, -0.2) is 9.97 Å². The van der Waals surface area contributed by atoms with E-state index in [0.717, 1.165) is 0 Å². The van der Waals surface area contributed by atoms with Gasteiger partial charge in [-0.15, -0.1) is 0 Å². The van der Waals surface area contributed by atoms with Crippen LogP contribution in [0, 0.1) is 10.1 Å². The second-order valence-corrected chi connectivity index (χ2v) is 4.58. The van der Waals surface area contributed by atoms with E-state index in [4.69, 9.17) is 23.2 Å². The Kier molecular flexibility index (Phi) is 4.21. The number of rotatable bonds is 4. The Balaban J connectivity index is 2.45. The van der Waals surface area contributed by atoms with E-state index < -0.39 is 4.92 Å². The van der Waals surface area contributed by atoms with E-state index in [-0.39, 0.29) is 17.3 Å². The first-order chi connectivity index (χ1) is 9.51. The normalized spacial score (nSPS) is 10.2. The predicted octanol–water partition coefficient (Wildman–Crippen LogP) is 3.48. The number of anilines is 3. The largest absolute Gasteiger partial charge is 0.367 e. The van der Waals surface area contributed by atoms with Crippen LogP contribution in [0.3, 0.4) is 0 Å². The van der Waals surface area contributed by atoms with E-state index in [2.05, 4.69) is 20.6 Å². The maximum Gasteiger partial charge on any atom is 0.353 e. The molecule has 0 saturated heterocycles. The molecule has 7 nitrogen and oxygen atoms in total. The van der Waals surface area contributed by atoms with Crippen molar-refractivity contribution in [3.8, 4) is 0 Å². The SMILES string of the molecule is CNc1ncnc(Nc2cc(Cl)cc(Cl)c2)c1[N+](=O)[O-]. The molecule has 1 aromatic carbocycles. The van der Waals surface area contributed by atoms with E-state index in [1.54, 1.807) is 18.2 Å². The maximum atomic E-state index is 11.1. The molecule has 2 rings (SSSR count). The number of nitro groups is 1. The molecule has 0 fully saturated rings. The fourth-order valence-corrected chi connectivity index (χ4v) is 2.11. The average Bonchev–Trinajstić information content (AvgIpc) is 2.36. The summed E-state index contributed by atoms with van der Waals surface area (Å²) >= 11 is 11.7. The summed E-state index contributed by atoms with van der Waals surface area (Å²) in [6, 6.07) is 4.72. The third kappa shape index (κ3) is 3.06. The lowest BCUT2D eigenvalue weighted by molar-refractivity contribution is -0.383. The van der Waals surface area contributed by atoms with Crippen LogP contribution in [0.5, 0.6) is 0 Å². The van der Waals surface area contributed by atoms with E-state index in [0.29, 0.717) is 15.7 Å². The van der Waals surface area contributed by atoms with Gasteiger partial charge in [-0.05, 0) is 18.2 Å². The van der Waals surface area contributed by atoms with Crippen molar-refractivity contribution in [2.24, 2.45) is 0 Å². The molecular weight excluding hydrogens is 305 g/mol. The lowest BCUT2D eigenvalue weighted by Gasteiger charge is -2.08. The second-order valence-electron chi connectivity index (χ2n) is 3.71. The molecule has 0 atom stereocenters. The van der Waals surface area contributed by atoms with Crippen LogP contribution in [0.2, 0.25) is 10.0 Å². The van der Waals surface area contributed by atoms with Crippen LogP contribution in [0.4, 0.5) is 23.0 Å². The van der Waals surface area contributed by atoms with Crippen molar-refractivity contribution in [2.75, 3.05) is 17.7 Å². The Bertz CT molecular complexity index is 645. The molecule has 9 heteroatoms. The first-order valence-electron chi connectivity index (χ1n) is 5.41. The number of nitrogens with zero attached hydrogens (tertiary/aromatic N) is 3. The summed E-state index contributed by atoms with van der Waals surface area (Å²) in [6.45, 7) is 0. The monoisotopic (exact) mass is 313 g/mol. The van der Waals surface area contributed by atoms with E-state index in [9.17, 15) is 10.1 Å². The number of benzene rings is 1. The van der Waals surface area contributed by atoms with E-state index in [1.165, 1.54) is 13.4 Å². The van der Waals surface area contributed by atoms with Crippen molar-refractivity contribution in [1.29, 1.82) is 0 Å². The first kappa shape index (κ1) is 14.3. The standard InChI is InChI=1S/C11H9Cl2N5O2/c1-14-10-9(18(19)20)11(16-5-15-10)17-8-3-6(12)2-7(13)4-8/h2-5H,1H3,(H2,14,15,16,17). The summed E-state index contributed by atoms with van der Waals surface area (Å²) in [4.78, 5) is 18.2. The molecule has 2 N–H and O–H groups in total. The highest BCUT2D eigenvalue weighted by Gasteiger charge is 2.22. The summed E-state index contributed by atoms with van der Waals surface area (Å²) < 4.78 is 0. The van der Waals surface area contributed by atoms with E-state index in [1.807, 2.05) is 0 Å². The number of hydrogen-bond acceptors (Lipinski definition) is 6. The molecule has 1 aromatic heterocycles. The minimum atomic E-state index is -0.569. The smallest absolute Gasteiger partial charge is 0.353 e. The Morgan fingerprint density at radius 1 is 1.15 bits per heavy atom. The van der Waals surface area contributed by atoms with Crippen LogP contribution in [0.15, 0.2) is 24.5 Å². The summed E-state index contributed by atoms with van der Waals surface area (Å²) in [5.74, 6) is 0.160. The Morgan fingerprint density at radius 3 is 2.30 bits per heavy atom. The fraction of sp³-hybridized carbons (Fsp3) is 0.0909. The number of halogens is 2. The summed E-state index contributed by atoms with van der Waals surface area (Å²) in [7, 11) is 1.54. The minimum Gasteiger partial charge on any atom is -0.367 e. The lowest BCUT2D eigenvalue weighted by Crippen LogP contribution is -2.05. The van der Waals surface area contributed by atoms with Crippen molar-refractivity contribution in [1.82, 2.24) is 9.97 Å². The van der Waals surface area contributed by atoms with Crippen LogP contribution in [0.25, 0.3) is 0 Å². The highest BCUT2D eigenvalue weighted by Crippen LogP contribution is 2.32. The molecule has 0 unspecified atom stereocenters. The van der Waals surface area contributed by atoms with Gasteiger partial charge in [0.15, 0.2) is 0 Å². The molecule has 20 heavy (non-hydrogen) atoms. The molecule has 0 saturated carbocycles. The van der Waals surface area contributed by atoms with Crippen LogP contribution in [-0.4, -0.2) is 21.9 Å². The van der Waals surface area contributed by atoms with Crippen molar-refractivity contribution in [3.05, 3.63) is 44.7 Å². The molecule has 0 aliphatic rings. The zero-order chi connectivity index (χ0) is 14.7. The quantitative estimate of drug-likeness (QED) is 0.663. The number of hydrogen-bond donors (Lipinski definition) is 2. The molecular formula is C11H9Cl2N5O2. The molecule has 2 aromatic rings. The molecule has 0 amide bonds. The summed E-state index contributed by atoms with van der Waals surface area (Å²) in [5, 5.41) is 17.4. The summed E-state index contributed by atoms with van der Waals surface area (Å²) in [6.07, 6.45) is 1.22. The zero-order valence-corrected chi connectivity index (χ0v) is 11.7. The summed E-state index contributed by atoms with van der Waals surface area (Å²) in [5.41, 5.74) is 0.234. The van der Waals surface area contributed by atoms with Crippen LogP contribution in [-0.2, 0) is 0 Å². The predicted molar refractivity (Wildman–Crippen MR) is 78.0 cm³/mol. The third-order valence-electron chi connectivity index (χ3n) is 2.37. The number of aromatic nitrogens is 2. The van der Waals surface area contributed by atoms with Gasteiger partial charge >= 0.3 is 5.69 Å². The topological polar surface area (TPSA) is 93.0 Å². The fourth-order valence-electron chi connectivity index (χ4n) is 1.59. The number of nitrogens with one attached hydrogen (secondary N) is 2. The Hall–Kier alpha value is -2.12. The Labute approximate surface area is 124 Å². The minimum absolute atomic E-state index is 0.0488. The highest BCUT2D eigenvalue weighted by atomic mass is 35.5. The van der Waals surface area contributed by atoms with Crippen LogP contribution >= 0.6 is 23.2 Å². The lowest BCUT2D eigenvalue weighted by atomic mass is 10.3. The van der Waals surface area contributed by atoms with Gasteiger partial charge in [-0.3, -0.25) is 10.1 Å². The Morgan fingerprint density at radius 2 is 1.75 bits per heavy atom. The molecule has 104 valence electrons. The molecule has 0 radical (unpaired) electrons. The van der Waals surface area contributed by atoms with Gasteiger partial charge in [0, 0.05) is 22.8 Å². The molecule has 1 heterocycles. The highest BCUT2D eigenvalue weighted by molar-refractivity contribution is 6.35. The van der Waals surface area contributed by atoms with E-state index >= 15 is 0 Å². The average molecular weight is 314 g/mol. The van der Waals surface area contributed by atoms with Crippen molar-refractivity contribution in [2.45, 2.75) is 0 Å².